The Bertz CT molecular complexity index is 507. The number of nitrogens with zero attached hydrogens (tertiary/aromatic N) is 1. The summed E-state index contributed by atoms with van der Waals surface area (Å²) < 4.78 is 28.1. The van der Waals surface area contributed by atoms with Crippen molar-refractivity contribution in [2.24, 2.45) is 0 Å². The maximum Gasteiger partial charge on any atom is 0.177 e. The maximum atomic E-state index is 11.4. The Hall–Kier alpha value is -1.27. The lowest BCUT2D eigenvalue weighted by Gasteiger charge is -2.29. The van der Waals surface area contributed by atoms with Crippen molar-refractivity contribution >= 4 is 21.2 Å². The summed E-state index contributed by atoms with van der Waals surface area (Å²) in [5.74, 6) is 0. The molecule has 0 aliphatic carbocycles. The lowest BCUT2D eigenvalue weighted by Crippen LogP contribution is -2.36. The zero-order chi connectivity index (χ0) is 12.5. The zero-order valence-corrected chi connectivity index (χ0v) is 10.5. The summed E-state index contributed by atoms with van der Waals surface area (Å²) in [5, 5.41) is 0. The molecule has 94 valence electrons. The predicted molar refractivity (Wildman–Crippen MR) is 67.0 cm³/mol. The van der Waals surface area contributed by atoms with Gasteiger partial charge in [0.25, 0.3) is 0 Å². The molecule has 0 bridgehead atoms. The summed E-state index contributed by atoms with van der Waals surface area (Å²) in [5.41, 5.74) is 7.02. The molecule has 17 heavy (non-hydrogen) atoms. The third-order valence-electron chi connectivity index (χ3n) is 2.77. The lowest BCUT2D eigenvalue weighted by molar-refractivity contribution is 0.122. The first kappa shape index (κ1) is 12.2. The maximum absolute atomic E-state index is 11.4. The first-order valence-electron chi connectivity index (χ1n) is 5.41. The molecule has 0 atom stereocenters. The van der Waals surface area contributed by atoms with Crippen LogP contribution in [-0.2, 0) is 14.6 Å². The van der Waals surface area contributed by atoms with E-state index in [4.69, 9.17) is 10.5 Å². The Labute approximate surface area is 101 Å². The van der Waals surface area contributed by atoms with Gasteiger partial charge in [0.05, 0.1) is 23.8 Å². The van der Waals surface area contributed by atoms with Gasteiger partial charge in [0.1, 0.15) is 0 Å². The smallest absolute Gasteiger partial charge is 0.177 e. The van der Waals surface area contributed by atoms with Crippen molar-refractivity contribution < 1.29 is 13.2 Å². The van der Waals surface area contributed by atoms with Gasteiger partial charge in [0.15, 0.2) is 9.84 Å². The highest BCUT2D eigenvalue weighted by molar-refractivity contribution is 7.90. The van der Waals surface area contributed by atoms with E-state index in [2.05, 4.69) is 4.90 Å². The Morgan fingerprint density at radius 2 is 1.94 bits per heavy atom. The molecule has 1 aromatic carbocycles. The van der Waals surface area contributed by atoms with Crippen LogP contribution in [0.1, 0.15) is 0 Å². The topological polar surface area (TPSA) is 72.6 Å². The molecule has 2 rings (SSSR count). The van der Waals surface area contributed by atoms with Gasteiger partial charge in [-0.3, -0.25) is 0 Å². The number of rotatable bonds is 2. The third-order valence-corrected chi connectivity index (χ3v) is 3.94. The minimum Gasteiger partial charge on any atom is -0.398 e. The number of hydrogen-bond donors (Lipinski definition) is 1. The monoisotopic (exact) mass is 256 g/mol. The van der Waals surface area contributed by atoms with E-state index in [1.54, 1.807) is 18.2 Å². The van der Waals surface area contributed by atoms with Gasteiger partial charge in [-0.1, -0.05) is 0 Å². The Morgan fingerprint density at radius 3 is 2.47 bits per heavy atom. The Kier molecular flexibility index (Phi) is 3.26. The number of morpholine rings is 1. The number of ether oxygens (including phenoxy) is 1. The van der Waals surface area contributed by atoms with E-state index in [1.807, 2.05) is 0 Å². The highest BCUT2D eigenvalue weighted by Crippen LogP contribution is 2.25. The molecule has 5 nitrogen and oxygen atoms in total. The second kappa shape index (κ2) is 4.54. The van der Waals surface area contributed by atoms with E-state index >= 15 is 0 Å². The number of anilines is 2. The molecule has 1 aliphatic heterocycles. The molecule has 6 heteroatoms. The van der Waals surface area contributed by atoms with Gasteiger partial charge >= 0.3 is 0 Å². The van der Waals surface area contributed by atoms with Gasteiger partial charge in [0.2, 0.25) is 0 Å². The van der Waals surface area contributed by atoms with E-state index in [0.717, 1.165) is 25.0 Å². The molecule has 0 unspecified atom stereocenters. The molecule has 1 saturated heterocycles. The highest BCUT2D eigenvalue weighted by atomic mass is 32.2. The van der Waals surface area contributed by atoms with Crippen LogP contribution < -0.4 is 10.6 Å². The minimum atomic E-state index is -3.25. The number of hydrogen-bond acceptors (Lipinski definition) is 5. The van der Waals surface area contributed by atoms with E-state index in [9.17, 15) is 8.42 Å². The summed E-state index contributed by atoms with van der Waals surface area (Å²) in [7, 11) is -3.25. The van der Waals surface area contributed by atoms with Crippen LogP contribution in [0, 0.1) is 0 Å². The van der Waals surface area contributed by atoms with Crippen molar-refractivity contribution in [2.75, 3.05) is 43.2 Å². The quantitative estimate of drug-likeness (QED) is 0.780. The largest absolute Gasteiger partial charge is 0.398 e. The average Bonchev–Trinajstić information content (AvgIpc) is 2.28. The van der Waals surface area contributed by atoms with Gasteiger partial charge < -0.3 is 15.4 Å². The molecule has 0 amide bonds. The summed E-state index contributed by atoms with van der Waals surface area (Å²) >= 11 is 0. The average molecular weight is 256 g/mol. The summed E-state index contributed by atoms with van der Waals surface area (Å²) in [6, 6.07) is 5.06. The highest BCUT2D eigenvalue weighted by Gasteiger charge is 2.15. The SMILES string of the molecule is CS(=O)(=O)c1ccc(N2CCOCC2)cc1N. The van der Waals surface area contributed by atoms with Crippen LogP contribution in [0.25, 0.3) is 0 Å². The molecule has 1 aliphatic rings. The lowest BCUT2D eigenvalue weighted by atomic mass is 10.2. The minimum absolute atomic E-state index is 0.189. The fourth-order valence-corrected chi connectivity index (χ4v) is 2.69. The third kappa shape index (κ3) is 2.70. The summed E-state index contributed by atoms with van der Waals surface area (Å²) in [4.78, 5) is 2.32. The second-order valence-corrected chi connectivity index (χ2v) is 6.08. The van der Waals surface area contributed by atoms with Crippen LogP contribution in [0.4, 0.5) is 11.4 Å². The summed E-state index contributed by atoms with van der Waals surface area (Å²) in [6.07, 6.45) is 1.16. The van der Waals surface area contributed by atoms with E-state index in [1.165, 1.54) is 0 Å². The van der Waals surface area contributed by atoms with Crippen molar-refractivity contribution in [3.8, 4) is 0 Å². The predicted octanol–water partition coefficient (Wildman–Crippen LogP) is 0.509. The molecule has 0 aromatic heterocycles. The standard InChI is InChI=1S/C11H16N2O3S/c1-17(14,15)11-3-2-9(8-10(11)12)13-4-6-16-7-5-13/h2-3,8H,4-7,12H2,1H3. The normalized spacial score (nSPS) is 17.1. The van der Waals surface area contributed by atoms with Crippen molar-refractivity contribution in [1.82, 2.24) is 0 Å². The molecule has 0 spiro atoms. The molecule has 1 fully saturated rings. The molecule has 1 heterocycles. The van der Waals surface area contributed by atoms with Crippen LogP contribution in [0.5, 0.6) is 0 Å². The molecule has 2 N–H and O–H groups in total. The van der Waals surface area contributed by atoms with Gasteiger partial charge in [-0.25, -0.2) is 8.42 Å². The number of nitrogens with two attached hydrogens (primary N) is 1. The number of benzene rings is 1. The Morgan fingerprint density at radius 1 is 1.29 bits per heavy atom. The molecular weight excluding hydrogens is 240 g/mol. The van der Waals surface area contributed by atoms with Crippen LogP contribution in [-0.4, -0.2) is 41.0 Å². The fraction of sp³-hybridized carbons (Fsp3) is 0.455. The number of nitrogen functional groups attached to an aromatic ring is 1. The zero-order valence-electron chi connectivity index (χ0n) is 9.72. The van der Waals surface area contributed by atoms with Crippen molar-refractivity contribution in [3.63, 3.8) is 0 Å². The molecule has 1 aromatic rings. The molecule has 0 saturated carbocycles. The van der Waals surface area contributed by atoms with E-state index in [0.29, 0.717) is 18.9 Å². The van der Waals surface area contributed by atoms with Crippen LogP contribution in [0.3, 0.4) is 0 Å². The van der Waals surface area contributed by atoms with Crippen molar-refractivity contribution in [2.45, 2.75) is 4.90 Å². The van der Waals surface area contributed by atoms with Gasteiger partial charge in [-0.2, -0.15) is 0 Å². The Balaban J connectivity index is 2.30. The number of sulfone groups is 1. The van der Waals surface area contributed by atoms with Crippen LogP contribution >= 0.6 is 0 Å². The fourth-order valence-electron chi connectivity index (χ4n) is 1.89. The first-order valence-corrected chi connectivity index (χ1v) is 7.30. The van der Waals surface area contributed by atoms with Gasteiger partial charge in [-0.05, 0) is 18.2 Å². The first-order chi connectivity index (χ1) is 7.98. The van der Waals surface area contributed by atoms with Crippen molar-refractivity contribution in [3.05, 3.63) is 18.2 Å². The second-order valence-electron chi connectivity index (χ2n) is 4.09. The van der Waals surface area contributed by atoms with E-state index < -0.39 is 9.84 Å². The van der Waals surface area contributed by atoms with Crippen LogP contribution in [0.15, 0.2) is 23.1 Å². The molecule has 0 radical (unpaired) electrons. The van der Waals surface area contributed by atoms with Gasteiger partial charge in [0, 0.05) is 25.0 Å². The van der Waals surface area contributed by atoms with Gasteiger partial charge in [-0.15, -0.1) is 0 Å². The van der Waals surface area contributed by atoms with E-state index in [-0.39, 0.29) is 4.90 Å². The summed E-state index contributed by atoms with van der Waals surface area (Å²) in [6.45, 7) is 2.98. The van der Waals surface area contributed by atoms with Crippen LogP contribution in [0.2, 0.25) is 0 Å². The molecular formula is C11H16N2O3S. The van der Waals surface area contributed by atoms with Crippen molar-refractivity contribution in [1.29, 1.82) is 0 Å².